The number of furan rings is 1. The normalized spacial score (nSPS) is 12.8. The molecule has 4 nitrogen and oxygen atoms in total. The molecule has 2 heterocycles. The van der Waals surface area contributed by atoms with Crippen LogP contribution >= 0.6 is 15.9 Å². The minimum atomic E-state index is 0.437. The minimum Gasteiger partial charge on any atom is -0.469 e. The van der Waals surface area contributed by atoms with Crippen LogP contribution in [0.4, 0.5) is 0 Å². The van der Waals surface area contributed by atoms with E-state index in [0.717, 1.165) is 35.3 Å². The average molecular weight is 326 g/mol. The van der Waals surface area contributed by atoms with Gasteiger partial charge < -0.3 is 9.73 Å². The Morgan fingerprint density at radius 2 is 2.32 bits per heavy atom. The molecule has 2 aromatic rings. The van der Waals surface area contributed by atoms with Crippen molar-refractivity contribution in [3.63, 3.8) is 0 Å². The van der Waals surface area contributed by atoms with E-state index in [0.29, 0.717) is 6.04 Å². The van der Waals surface area contributed by atoms with Crippen LogP contribution in [0.15, 0.2) is 27.3 Å². The SMILES string of the molecule is Cc1nn(C)c(CNC(C)CCc2ccco2)c1Br. The fourth-order valence-electron chi connectivity index (χ4n) is 2.06. The summed E-state index contributed by atoms with van der Waals surface area (Å²) in [5, 5.41) is 7.91. The van der Waals surface area contributed by atoms with Crippen molar-refractivity contribution in [3.05, 3.63) is 40.0 Å². The van der Waals surface area contributed by atoms with Crippen molar-refractivity contribution < 1.29 is 4.42 Å². The van der Waals surface area contributed by atoms with Crippen LogP contribution in [0.3, 0.4) is 0 Å². The first-order valence-corrected chi connectivity index (χ1v) is 7.31. The summed E-state index contributed by atoms with van der Waals surface area (Å²) in [6.07, 6.45) is 3.75. The molecule has 0 spiro atoms. The summed E-state index contributed by atoms with van der Waals surface area (Å²) in [6.45, 7) is 5.02. The molecule has 0 saturated heterocycles. The zero-order valence-electron chi connectivity index (χ0n) is 11.6. The molecule has 0 aromatic carbocycles. The highest BCUT2D eigenvalue weighted by Gasteiger charge is 2.11. The van der Waals surface area contributed by atoms with Crippen LogP contribution in [0.5, 0.6) is 0 Å². The molecule has 0 saturated carbocycles. The molecule has 0 fully saturated rings. The third-order valence-corrected chi connectivity index (χ3v) is 4.31. The summed E-state index contributed by atoms with van der Waals surface area (Å²) in [5.74, 6) is 1.05. The monoisotopic (exact) mass is 325 g/mol. The van der Waals surface area contributed by atoms with Crippen molar-refractivity contribution in [2.75, 3.05) is 0 Å². The maximum Gasteiger partial charge on any atom is 0.103 e. The van der Waals surface area contributed by atoms with Crippen LogP contribution in [-0.4, -0.2) is 15.8 Å². The lowest BCUT2D eigenvalue weighted by molar-refractivity contribution is 0.455. The largest absolute Gasteiger partial charge is 0.469 e. The molecular weight excluding hydrogens is 306 g/mol. The highest BCUT2D eigenvalue weighted by Crippen LogP contribution is 2.20. The number of nitrogens with zero attached hydrogens (tertiary/aromatic N) is 2. The molecule has 5 heteroatoms. The number of halogens is 1. The van der Waals surface area contributed by atoms with Gasteiger partial charge in [0.2, 0.25) is 0 Å². The van der Waals surface area contributed by atoms with Crippen LogP contribution in [0, 0.1) is 6.92 Å². The first-order valence-electron chi connectivity index (χ1n) is 6.51. The predicted octanol–water partition coefficient (Wildman–Crippen LogP) is 3.19. The Morgan fingerprint density at radius 1 is 1.53 bits per heavy atom. The van der Waals surface area contributed by atoms with E-state index in [1.165, 1.54) is 5.69 Å². The second-order valence-corrected chi connectivity index (χ2v) is 5.66. The van der Waals surface area contributed by atoms with Crippen molar-refractivity contribution in [2.24, 2.45) is 7.05 Å². The zero-order chi connectivity index (χ0) is 13.8. The molecule has 0 aliphatic rings. The second kappa shape index (κ2) is 6.39. The Hall–Kier alpha value is -1.07. The third-order valence-electron chi connectivity index (χ3n) is 3.28. The lowest BCUT2D eigenvalue weighted by Gasteiger charge is -2.13. The Kier molecular flexibility index (Phi) is 4.82. The Bertz CT molecular complexity index is 519. The van der Waals surface area contributed by atoms with E-state index in [2.05, 4.69) is 33.3 Å². The van der Waals surface area contributed by atoms with Crippen molar-refractivity contribution in [1.82, 2.24) is 15.1 Å². The summed E-state index contributed by atoms with van der Waals surface area (Å²) in [6, 6.07) is 4.39. The van der Waals surface area contributed by atoms with E-state index >= 15 is 0 Å². The van der Waals surface area contributed by atoms with E-state index in [-0.39, 0.29) is 0 Å². The first kappa shape index (κ1) is 14.3. The highest BCUT2D eigenvalue weighted by atomic mass is 79.9. The maximum absolute atomic E-state index is 5.34. The number of rotatable bonds is 6. The molecule has 0 bridgehead atoms. The maximum atomic E-state index is 5.34. The van der Waals surface area contributed by atoms with Crippen LogP contribution in [0.2, 0.25) is 0 Å². The average Bonchev–Trinajstić information content (AvgIpc) is 2.96. The van der Waals surface area contributed by atoms with Gasteiger partial charge in [-0.15, -0.1) is 0 Å². The highest BCUT2D eigenvalue weighted by molar-refractivity contribution is 9.10. The molecule has 2 rings (SSSR count). The lowest BCUT2D eigenvalue weighted by Crippen LogP contribution is -2.27. The second-order valence-electron chi connectivity index (χ2n) is 4.87. The lowest BCUT2D eigenvalue weighted by atomic mass is 10.1. The van der Waals surface area contributed by atoms with Gasteiger partial charge in [-0.1, -0.05) is 0 Å². The fourth-order valence-corrected chi connectivity index (χ4v) is 2.53. The number of aryl methyl sites for hydroxylation is 3. The zero-order valence-corrected chi connectivity index (χ0v) is 13.2. The Morgan fingerprint density at radius 3 is 2.89 bits per heavy atom. The summed E-state index contributed by atoms with van der Waals surface area (Å²) < 4.78 is 8.36. The third kappa shape index (κ3) is 3.70. The Balaban J connectivity index is 1.81. The summed E-state index contributed by atoms with van der Waals surface area (Å²) in [7, 11) is 1.97. The van der Waals surface area contributed by atoms with Crippen LogP contribution in [0.1, 0.15) is 30.5 Å². The van der Waals surface area contributed by atoms with E-state index in [1.807, 2.05) is 30.8 Å². The number of hydrogen-bond donors (Lipinski definition) is 1. The smallest absolute Gasteiger partial charge is 0.103 e. The van der Waals surface area contributed by atoms with E-state index in [9.17, 15) is 0 Å². The van der Waals surface area contributed by atoms with Gasteiger partial charge in [0.05, 0.1) is 22.1 Å². The van der Waals surface area contributed by atoms with Crippen molar-refractivity contribution in [3.8, 4) is 0 Å². The Labute approximate surface area is 122 Å². The number of hydrogen-bond acceptors (Lipinski definition) is 3. The first-order chi connectivity index (χ1) is 9.08. The van der Waals surface area contributed by atoms with Gasteiger partial charge in [0.15, 0.2) is 0 Å². The topological polar surface area (TPSA) is 43.0 Å². The predicted molar refractivity (Wildman–Crippen MR) is 79.0 cm³/mol. The van der Waals surface area contributed by atoms with Crippen molar-refractivity contribution in [2.45, 2.75) is 39.3 Å². The quantitative estimate of drug-likeness (QED) is 0.886. The van der Waals surface area contributed by atoms with Gasteiger partial charge in [0, 0.05) is 26.1 Å². The standard InChI is InChI=1S/C14H20BrN3O/c1-10(6-7-12-5-4-8-19-12)16-9-13-14(15)11(2)17-18(13)3/h4-5,8,10,16H,6-7,9H2,1-3H3. The summed E-state index contributed by atoms with van der Waals surface area (Å²) in [4.78, 5) is 0. The molecule has 1 atom stereocenters. The van der Waals surface area contributed by atoms with Gasteiger partial charge in [-0.2, -0.15) is 5.10 Å². The van der Waals surface area contributed by atoms with Crippen LogP contribution in [-0.2, 0) is 20.0 Å². The van der Waals surface area contributed by atoms with Gasteiger partial charge in [0.25, 0.3) is 0 Å². The molecular formula is C14H20BrN3O. The molecule has 0 radical (unpaired) electrons. The van der Waals surface area contributed by atoms with E-state index in [1.54, 1.807) is 6.26 Å². The summed E-state index contributed by atoms with van der Waals surface area (Å²) in [5.41, 5.74) is 2.21. The minimum absolute atomic E-state index is 0.437. The number of nitrogens with one attached hydrogen (secondary N) is 1. The summed E-state index contributed by atoms with van der Waals surface area (Å²) >= 11 is 3.58. The fraction of sp³-hybridized carbons (Fsp3) is 0.500. The van der Waals surface area contributed by atoms with Crippen LogP contribution < -0.4 is 5.32 Å². The molecule has 1 unspecified atom stereocenters. The van der Waals surface area contributed by atoms with Crippen molar-refractivity contribution >= 4 is 15.9 Å². The molecule has 0 aliphatic carbocycles. The van der Waals surface area contributed by atoms with Gasteiger partial charge in [-0.3, -0.25) is 4.68 Å². The number of aromatic nitrogens is 2. The molecule has 0 amide bonds. The molecule has 1 N–H and O–H groups in total. The van der Waals surface area contributed by atoms with Crippen molar-refractivity contribution in [1.29, 1.82) is 0 Å². The van der Waals surface area contributed by atoms with Gasteiger partial charge >= 0.3 is 0 Å². The van der Waals surface area contributed by atoms with E-state index < -0.39 is 0 Å². The van der Waals surface area contributed by atoms with Gasteiger partial charge in [-0.25, -0.2) is 0 Å². The molecule has 2 aromatic heterocycles. The van der Waals surface area contributed by atoms with E-state index in [4.69, 9.17) is 4.42 Å². The molecule has 0 aliphatic heterocycles. The molecule has 104 valence electrons. The van der Waals surface area contributed by atoms with Gasteiger partial charge in [0.1, 0.15) is 5.76 Å². The molecule has 19 heavy (non-hydrogen) atoms. The van der Waals surface area contributed by atoms with Gasteiger partial charge in [-0.05, 0) is 48.3 Å². The van der Waals surface area contributed by atoms with Crippen LogP contribution in [0.25, 0.3) is 0 Å².